The monoisotopic (exact) mass is 263 g/mol. The second-order valence-electron chi connectivity index (χ2n) is 4.59. The second-order valence-corrected chi connectivity index (χ2v) is 4.59. The molecule has 19 heavy (non-hydrogen) atoms. The Bertz CT molecular complexity index is 517. The van der Waals surface area contributed by atoms with E-state index in [4.69, 9.17) is 4.74 Å². The Morgan fingerprint density at radius 3 is 2.89 bits per heavy atom. The van der Waals surface area contributed by atoms with E-state index in [0.717, 1.165) is 31.2 Å². The van der Waals surface area contributed by atoms with Gasteiger partial charge in [0.25, 0.3) is 0 Å². The molecular weight excluding hydrogens is 242 g/mol. The van der Waals surface area contributed by atoms with E-state index in [1.54, 1.807) is 7.11 Å². The molecule has 0 radical (unpaired) electrons. The smallest absolute Gasteiger partial charge is 0.203 e. The van der Waals surface area contributed by atoms with Crippen molar-refractivity contribution in [3.05, 3.63) is 29.8 Å². The lowest BCUT2D eigenvalue weighted by molar-refractivity contribution is 0.210. The predicted octanol–water partition coefficient (Wildman–Crippen LogP) is 1.23. The molecule has 6 nitrogen and oxygen atoms in total. The predicted molar refractivity (Wildman–Crippen MR) is 74.2 cm³/mol. The van der Waals surface area contributed by atoms with Gasteiger partial charge >= 0.3 is 0 Å². The van der Waals surface area contributed by atoms with Crippen molar-refractivity contribution in [3.8, 4) is 0 Å². The molecule has 2 aromatic heterocycles. The van der Waals surface area contributed by atoms with Crippen LogP contribution in [-0.2, 0) is 24.8 Å². The third-order valence-corrected chi connectivity index (χ3v) is 2.89. The molecule has 0 bridgehead atoms. The van der Waals surface area contributed by atoms with Crippen LogP contribution in [-0.4, -0.2) is 39.6 Å². The second kappa shape index (κ2) is 6.38. The molecule has 0 aliphatic carbocycles. The average molecular weight is 263 g/mol. The summed E-state index contributed by atoms with van der Waals surface area (Å²) in [5, 5.41) is 7.46. The van der Waals surface area contributed by atoms with Gasteiger partial charge in [-0.1, -0.05) is 0 Å². The summed E-state index contributed by atoms with van der Waals surface area (Å²) in [7, 11) is 3.63. The number of rotatable bonds is 7. The normalized spacial score (nSPS) is 10.9. The Labute approximate surface area is 113 Å². The summed E-state index contributed by atoms with van der Waals surface area (Å²) >= 11 is 0. The number of ether oxygens (including phenoxy) is 1. The minimum atomic E-state index is 0.675. The van der Waals surface area contributed by atoms with Crippen LogP contribution >= 0.6 is 0 Å². The fourth-order valence-corrected chi connectivity index (χ4v) is 1.97. The summed E-state index contributed by atoms with van der Waals surface area (Å²) in [6, 6.07) is 0. The summed E-state index contributed by atoms with van der Waals surface area (Å²) in [6.45, 7) is 4.33. The number of nitrogens with zero attached hydrogens (tertiary/aromatic N) is 4. The zero-order chi connectivity index (χ0) is 13.7. The largest absolute Gasteiger partial charge is 0.383 e. The lowest BCUT2D eigenvalue weighted by Gasteiger charge is -2.08. The zero-order valence-corrected chi connectivity index (χ0v) is 11.8. The number of hydrogen-bond acceptors (Lipinski definition) is 4. The molecule has 0 saturated carbocycles. The van der Waals surface area contributed by atoms with E-state index in [1.807, 2.05) is 31.0 Å². The first-order valence-corrected chi connectivity index (χ1v) is 6.43. The van der Waals surface area contributed by atoms with E-state index in [2.05, 4.69) is 26.2 Å². The van der Waals surface area contributed by atoms with E-state index in [0.29, 0.717) is 6.61 Å². The van der Waals surface area contributed by atoms with E-state index >= 15 is 0 Å². The molecular formula is C13H21N5O. The number of methoxy groups -OCH3 is 1. The third kappa shape index (κ3) is 3.82. The molecule has 1 N–H and O–H groups in total. The van der Waals surface area contributed by atoms with Crippen LogP contribution in [0.2, 0.25) is 0 Å². The van der Waals surface area contributed by atoms with Crippen LogP contribution in [0.5, 0.6) is 0 Å². The molecule has 2 rings (SSSR count). The average Bonchev–Trinajstić information content (AvgIpc) is 2.94. The van der Waals surface area contributed by atoms with Gasteiger partial charge in [-0.05, 0) is 18.9 Å². The van der Waals surface area contributed by atoms with Crippen molar-refractivity contribution in [2.75, 3.05) is 25.6 Å². The van der Waals surface area contributed by atoms with Crippen molar-refractivity contribution in [2.45, 2.75) is 19.9 Å². The highest BCUT2D eigenvalue weighted by molar-refractivity contribution is 5.28. The third-order valence-electron chi connectivity index (χ3n) is 2.89. The maximum absolute atomic E-state index is 5.03. The molecule has 2 aromatic rings. The van der Waals surface area contributed by atoms with Crippen molar-refractivity contribution < 1.29 is 4.74 Å². The molecule has 0 amide bonds. The number of nitrogens with one attached hydrogen (secondary N) is 1. The highest BCUT2D eigenvalue weighted by Crippen LogP contribution is 2.10. The van der Waals surface area contributed by atoms with Gasteiger partial charge in [-0.25, -0.2) is 4.98 Å². The highest BCUT2D eigenvalue weighted by atomic mass is 16.5. The zero-order valence-electron chi connectivity index (χ0n) is 11.8. The molecule has 0 aliphatic rings. The Kier molecular flexibility index (Phi) is 4.57. The summed E-state index contributed by atoms with van der Waals surface area (Å²) in [5.41, 5.74) is 2.25. The molecule has 0 aliphatic heterocycles. The van der Waals surface area contributed by atoms with Crippen molar-refractivity contribution in [1.29, 1.82) is 0 Å². The summed E-state index contributed by atoms with van der Waals surface area (Å²) in [6.07, 6.45) is 6.96. The quantitative estimate of drug-likeness (QED) is 0.763. The van der Waals surface area contributed by atoms with E-state index < -0.39 is 0 Å². The fourth-order valence-electron chi connectivity index (χ4n) is 1.97. The molecule has 0 unspecified atom stereocenters. The van der Waals surface area contributed by atoms with Gasteiger partial charge in [-0.3, -0.25) is 4.68 Å². The lowest BCUT2D eigenvalue weighted by atomic mass is 10.2. The van der Waals surface area contributed by atoms with Crippen molar-refractivity contribution in [3.63, 3.8) is 0 Å². The van der Waals surface area contributed by atoms with Gasteiger partial charge in [0.2, 0.25) is 5.95 Å². The van der Waals surface area contributed by atoms with Crippen LogP contribution in [0.3, 0.4) is 0 Å². The Morgan fingerprint density at radius 1 is 1.37 bits per heavy atom. The van der Waals surface area contributed by atoms with Gasteiger partial charge in [0.15, 0.2) is 0 Å². The van der Waals surface area contributed by atoms with Gasteiger partial charge in [-0.2, -0.15) is 5.10 Å². The van der Waals surface area contributed by atoms with Crippen LogP contribution in [0.25, 0.3) is 0 Å². The minimum absolute atomic E-state index is 0.675. The summed E-state index contributed by atoms with van der Waals surface area (Å²) < 4.78 is 8.99. The molecule has 104 valence electrons. The topological polar surface area (TPSA) is 56.9 Å². The molecule has 6 heteroatoms. The van der Waals surface area contributed by atoms with Crippen molar-refractivity contribution in [2.24, 2.45) is 7.05 Å². The molecule has 0 spiro atoms. The molecule has 0 aromatic carbocycles. The number of anilines is 1. The van der Waals surface area contributed by atoms with E-state index in [-0.39, 0.29) is 0 Å². The Morgan fingerprint density at radius 2 is 2.21 bits per heavy atom. The van der Waals surface area contributed by atoms with E-state index in [9.17, 15) is 0 Å². The molecule has 2 heterocycles. The Balaban J connectivity index is 1.95. The Hall–Kier alpha value is -1.82. The van der Waals surface area contributed by atoms with Crippen LogP contribution in [0.4, 0.5) is 5.95 Å². The lowest BCUT2D eigenvalue weighted by Crippen LogP contribution is -2.13. The first-order chi connectivity index (χ1) is 9.19. The number of aryl methyl sites for hydroxylation is 4. The molecule has 0 atom stereocenters. The first kappa shape index (κ1) is 13.6. The molecule has 0 fully saturated rings. The van der Waals surface area contributed by atoms with Crippen molar-refractivity contribution in [1.82, 2.24) is 19.3 Å². The van der Waals surface area contributed by atoms with Gasteiger partial charge in [-0.15, -0.1) is 0 Å². The first-order valence-electron chi connectivity index (χ1n) is 6.43. The van der Waals surface area contributed by atoms with Gasteiger partial charge in [0.1, 0.15) is 0 Å². The number of imidazole rings is 1. The van der Waals surface area contributed by atoms with Gasteiger partial charge < -0.3 is 14.6 Å². The minimum Gasteiger partial charge on any atom is -0.383 e. The van der Waals surface area contributed by atoms with Crippen molar-refractivity contribution >= 4 is 5.95 Å². The fraction of sp³-hybridized carbons (Fsp3) is 0.538. The van der Waals surface area contributed by atoms with Crippen LogP contribution < -0.4 is 5.32 Å². The van der Waals surface area contributed by atoms with Crippen LogP contribution in [0, 0.1) is 6.92 Å². The summed E-state index contributed by atoms with van der Waals surface area (Å²) in [5.74, 6) is 0.901. The SMILES string of the molecule is COCCNc1nc(C)cn1CCc1cnn(C)c1. The van der Waals surface area contributed by atoms with Gasteiger partial charge in [0.05, 0.1) is 18.5 Å². The van der Waals surface area contributed by atoms with Crippen LogP contribution in [0.15, 0.2) is 18.6 Å². The number of aromatic nitrogens is 4. The maximum Gasteiger partial charge on any atom is 0.203 e. The van der Waals surface area contributed by atoms with E-state index in [1.165, 1.54) is 5.56 Å². The summed E-state index contributed by atoms with van der Waals surface area (Å²) in [4.78, 5) is 4.48. The maximum atomic E-state index is 5.03. The highest BCUT2D eigenvalue weighted by Gasteiger charge is 2.05. The van der Waals surface area contributed by atoms with Gasteiger partial charge in [0, 0.05) is 39.6 Å². The number of hydrogen-bond donors (Lipinski definition) is 1. The molecule has 0 saturated heterocycles. The van der Waals surface area contributed by atoms with Crippen LogP contribution in [0.1, 0.15) is 11.3 Å². The standard InChI is InChI=1S/C13H21N5O/c1-11-9-18(13(16-11)14-5-7-19-3)6-4-12-8-15-17(2)10-12/h8-10H,4-7H2,1-3H3,(H,14,16).